The number of hydrogen-bond acceptors (Lipinski definition) is 5. The second-order valence-corrected chi connectivity index (χ2v) is 9.62. The minimum absolute atomic E-state index is 0.0637. The predicted octanol–water partition coefficient (Wildman–Crippen LogP) is 2.77. The molecule has 24 heavy (non-hydrogen) atoms. The molecule has 2 saturated heterocycles. The lowest BCUT2D eigenvalue weighted by Gasteiger charge is -2.38. The summed E-state index contributed by atoms with van der Waals surface area (Å²) in [6.07, 6.45) is 2.06. The zero-order valence-corrected chi connectivity index (χ0v) is 15.7. The van der Waals surface area contributed by atoms with Crippen molar-refractivity contribution in [2.24, 2.45) is 5.92 Å². The smallest absolute Gasteiger partial charge is 0.410 e. The van der Waals surface area contributed by atoms with Gasteiger partial charge in [-0.1, -0.05) is 26.3 Å². The van der Waals surface area contributed by atoms with Gasteiger partial charge < -0.3 is 4.74 Å². The third kappa shape index (κ3) is 3.19. The Morgan fingerprint density at radius 3 is 2.67 bits per heavy atom. The molecule has 2 unspecified atom stereocenters. The van der Waals surface area contributed by atoms with Gasteiger partial charge in [-0.3, -0.25) is 4.90 Å². The highest BCUT2D eigenvalue weighted by atomic mass is 32.2. The van der Waals surface area contributed by atoms with Crippen LogP contribution >= 0.6 is 11.3 Å². The molecule has 0 aliphatic carbocycles. The molecular formula is C16H24N2O4S2. The molecule has 2 fully saturated rings. The van der Waals surface area contributed by atoms with Crippen LogP contribution in [0.15, 0.2) is 21.7 Å². The number of hydrogen-bond donors (Lipinski definition) is 0. The third-order valence-corrected chi connectivity index (χ3v) is 8.42. The number of carbonyl (C=O) groups is 1. The predicted molar refractivity (Wildman–Crippen MR) is 92.5 cm³/mol. The Morgan fingerprint density at radius 1 is 1.38 bits per heavy atom. The minimum Gasteiger partial charge on any atom is -0.447 e. The lowest BCUT2D eigenvalue weighted by atomic mass is 9.95. The van der Waals surface area contributed by atoms with E-state index in [9.17, 15) is 13.2 Å². The fourth-order valence-corrected chi connectivity index (χ4v) is 6.09. The van der Waals surface area contributed by atoms with Gasteiger partial charge in [0.05, 0.1) is 6.04 Å². The van der Waals surface area contributed by atoms with E-state index in [1.165, 1.54) is 15.6 Å². The summed E-state index contributed by atoms with van der Waals surface area (Å²) in [5.41, 5.74) is 0. The molecule has 0 saturated carbocycles. The zero-order chi connectivity index (χ0) is 17.3. The Bertz CT molecular complexity index is 666. The summed E-state index contributed by atoms with van der Waals surface area (Å²) in [5, 5.41) is 1.77. The Kier molecular flexibility index (Phi) is 5.17. The molecule has 1 amide bonds. The molecule has 0 radical (unpaired) electrons. The van der Waals surface area contributed by atoms with Crippen LogP contribution in [0.2, 0.25) is 0 Å². The number of rotatable bonds is 5. The van der Waals surface area contributed by atoms with Gasteiger partial charge in [0, 0.05) is 19.1 Å². The van der Waals surface area contributed by atoms with Crippen molar-refractivity contribution in [2.45, 2.75) is 49.4 Å². The maximum absolute atomic E-state index is 12.6. The molecule has 2 atom stereocenters. The summed E-state index contributed by atoms with van der Waals surface area (Å²) in [6.45, 7) is 5.59. The van der Waals surface area contributed by atoms with Gasteiger partial charge in [0.1, 0.15) is 10.8 Å². The minimum atomic E-state index is -3.40. The van der Waals surface area contributed by atoms with E-state index in [0.717, 1.165) is 6.42 Å². The number of amides is 1. The summed E-state index contributed by atoms with van der Waals surface area (Å²) >= 11 is 1.24. The molecule has 0 bridgehead atoms. The van der Waals surface area contributed by atoms with Gasteiger partial charge in [0.15, 0.2) is 0 Å². The monoisotopic (exact) mass is 372 g/mol. The van der Waals surface area contributed by atoms with Gasteiger partial charge in [0.25, 0.3) is 10.0 Å². The number of sulfonamides is 1. The average Bonchev–Trinajstić information content (AvgIpc) is 3.24. The first-order valence-electron chi connectivity index (χ1n) is 8.44. The first kappa shape index (κ1) is 17.7. The Morgan fingerprint density at radius 2 is 2.08 bits per heavy atom. The number of nitrogens with zero attached hydrogens (tertiary/aromatic N) is 2. The van der Waals surface area contributed by atoms with E-state index in [4.69, 9.17) is 4.74 Å². The van der Waals surface area contributed by atoms with Crippen LogP contribution in [0, 0.1) is 5.92 Å². The number of carbonyl (C=O) groups excluding carboxylic acids is 1. The molecule has 0 aromatic carbocycles. The van der Waals surface area contributed by atoms with Crippen LogP contribution in [0.25, 0.3) is 0 Å². The largest absolute Gasteiger partial charge is 0.447 e. The highest BCUT2D eigenvalue weighted by molar-refractivity contribution is 7.91. The Hall–Kier alpha value is -1.12. The second-order valence-electron chi connectivity index (χ2n) is 6.50. The number of cyclic esters (lactones) is 1. The molecule has 0 spiro atoms. The topological polar surface area (TPSA) is 66.9 Å². The molecule has 3 rings (SSSR count). The quantitative estimate of drug-likeness (QED) is 0.797. The van der Waals surface area contributed by atoms with Crippen LogP contribution in [0.4, 0.5) is 4.79 Å². The van der Waals surface area contributed by atoms with Gasteiger partial charge in [-0.25, -0.2) is 13.2 Å². The van der Waals surface area contributed by atoms with E-state index in [1.54, 1.807) is 17.5 Å². The summed E-state index contributed by atoms with van der Waals surface area (Å²) < 4.78 is 32.4. The average molecular weight is 373 g/mol. The van der Waals surface area contributed by atoms with Gasteiger partial charge >= 0.3 is 6.09 Å². The van der Waals surface area contributed by atoms with Crippen molar-refractivity contribution in [1.29, 1.82) is 0 Å². The summed E-state index contributed by atoms with van der Waals surface area (Å²) in [7, 11) is -3.40. The molecule has 2 aliphatic rings. The molecule has 0 N–H and O–H groups in total. The maximum Gasteiger partial charge on any atom is 0.410 e. The molecule has 8 heteroatoms. The normalized spacial score (nSPS) is 25.0. The first-order valence-corrected chi connectivity index (χ1v) is 10.8. The Balaban J connectivity index is 1.67. The summed E-state index contributed by atoms with van der Waals surface area (Å²) in [4.78, 5) is 14.0. The maximum atomic E-state index is 12.6. The highest BCUT2D eigenvalue weighted by Gasteiger charge is 2.42. The van der Waals surface area contributed by atoms with E-state index in [1.807, 2.05) is 4.90 Å². The standard InChI is InChI=1S/C16H24N2O4S2/c1-3-12(2)14-11-22-16(19)18(14)13-6-8-17(9-7-13)24(20,21)15-5-4-10-23-15/h4-5,10,12-14H,3,6-9,11H2,1-2H3. The molecule has 1 aromatic heterocycles. The number of piperidine rings is 1. The van der Waals surface area contributed by atoms with Crippen molar-refractivity contribution in [3.05, 3.63) is 17.5 Å². The van der Waals surface area contributed by atoms with Crippen LogP contribution in [-0.4, -0.2) is 55.5 Å². The van der Waals surface area contributed by atoms with Gasteiger partial charge in [0.2, 0.25) is 0 Å². The molecule has 6 nitrogen and oxygen atoms in total. The molecule has 134 valence electrons. The van der Waals surface area contributed by atoms with Crippen LogP contribution < -0.4 is 0 Å². The molecule has 1 aromatic rings. The van der Waals surface area contributed by atoms with E-state index in [-0.39, 0.29) is 18.2 Å². The lowest BCUT2D eigenvalue weighted by molar-refractivity contribution is 0.114. The zero-order valence-electron chi connectivity index (χ0n) is 14.1. The van der Waals surface area contributed by atoms with Crippen molar-refractivity contribution < 1.29 is 17.9 Å². The van der Waals surface area contributed by atoms with Crippen molar-refractivity contribution in [3.63, 3.8) is 0 Å². The lowest BCUT2D eigenvalue weighted by Crippen LogP contribution is -2.51. The number of ether oxygens (including phenoxy) is 1. The fraction of sp³-hybridized carbons (Fsp3) is 0.688. The van der Waals surface area contributed by atoms with Gasteiger partial charge in [-0.05, 0) is 30.2 Å². The fourth-order valence-electron chi connectivity index (χ4n) is 3.48. The van der Waals surface area contributed by atoms with E-state index < -0.39 is 10.0 Å². The van der Waals surface area contributed by atoms with Crippen LogP contribution in [0.3, 0.4) is 0 Å². The molecule has 3 heterocycles. The van der Waals surface area contributed by atoms with E-state index >= 15 is 0 Å². The third-order valence-electron chi connectivity index (χ3n) is 5.15. The number of thiophene rings is 1. The van der Waals surface area contributed by atoms with Crippen LogP contribution in [0.5, 0.6) is 0 Å². The summed E-state index contributed by atoms with van der Waals surface area (Å²) in [5.74, 6) is 0.379. The first-order chi connectivity index (χ1) is 11.4. The highest BCUT2D eigenvalue weighted by Crippen LogP contribution is 2.31. The second kappa shape index (κ2) is 7.01. The van der Waals surface area contributed by atoms with Crippen LogP contribution in [0.1, 0.15) is 33.1 Å². The van der Waals surface area contributed by atoms with Gasteiger partial charge in [-0.2, -0.15) is 4.31 Å². The SMILES string of the molecule is CCC(C)C1COC(=O)N1C1CCN(S(=O)(=O)c2cccs2)CC1. The van der Waals surface area contributed by atoms with Crippen molar-refractivity contribution >= 4 is 27.5 Å². The van der Waals surface area contributed by atoms with Crippen LogP contribution in [-0.2, 0) is 14.8 Å². The van der Waals surface area contributed by atoms with E-state index in [0.29, 0.717) is 42.7 Å². The Labute approximate surface area is 147 Å². The molecular weight excluding hydrogens is 348 g/mol. The van der Waals surface area contributed by atoms with Crippen molar-refractivity contribution in [1.82, 2.24) is 9.21 Å². The van der Waals surface area contributed by atoms with E-state index in [2.05, 4.69) is 13.8 Å². The summed E-state index contributed by atoms with van der Waals surface area (Å²) in [6, 6.07) is 3.56. The van der Waals surface area contributed by atoms with Gasteiger partial charge in [-0.15, -0.1) is 11.3 Å². The van der Waals surface area contributed by atoms with Crippen molar-refractivity contribution in [2.75, 3.05) is 19.7 Å². The van der Waals surface area contributed by atoms with Crippen molar-refractivity contribution in [3.8, 4) is 0 Å². The molecule has 2 aliphatic heterocycles.